The van der Waals surface area contributed by atoms with Gasteiger partial charge in [-0.1, -0.05) is 103 Å². The predicted octanol–water partition coefficient (Wildman–Crippen LogP) is 8.34. The summed E-state index contributed by atoms with van der Waals surface area (Å²) in [5.74, 6) is -0.611. The Balaban J connectivity index is 4.60. The molecule has 1 amide bonds. The third kappa shape index (κ3) is 22.4. The van der Waals surface area contributed by atoms with Crippen LogP contribution in [0, 0.1) is 5.92 Å². The van der Waals surface area contributed by atoms with Gasteiger partial charge in [-0.3, -0.25) is 14.4 Å². The lowest BCUT2D eigenvalue weighted by atomic mass is 9.94. The van der Waals surface area contributed by atoms with E-state index in [9.17, 15) is 14.4 Å². The number of hydrogen-bond acceptors (Lipinski definition) is 5. The molecule has 0 N–H and O–H groups in total. The third-order valence-corrected chi connectivity index (χ3v) is 6.90. The molecule has 0 radical (unpaired) electrons. The molecule has 0 aliphatic rings. The van der Waals surface area contributed by atoms with Crippen LogP contribution >= 0.6 is 0 Å². The second kappa shape index (κ2) is 27.5. The van der Waals surface area contributed by atoms with Crippen molar-refractivity contribution in [3.8, 4) is 0 Å². The molecule has 0 heterocycles. The SMILES string of the molecule is C/C=C\C(=O)N(CCOC(=O)CCCC/C=C\CC)CCOC(=O)C(CCCCCC)CCCCCCCC. The highest BCUT2D eigenvalue weighted by molar-refractivity contribution is 5.87. The van der Waals surface area contributed by atoms with Crippen LogP contribution in [0.15, 0.2) is 24.3 Å². The van der Waals surface area contributed by atoms with Crippen molar-refractivity contribution in [1.29, 1.82) is 0 Å². The van der Waals surface area contributed by atoms with Crippen LogP contribution in [-0.4, -0.2) is 49.0 Å². The second-order valence-electron chi connectivity index (χ2n) is 10.4. The summed E-state index contributed by atoms with van der Waals surface area (Å²) in [6.07, 6.45) is 25.2. The summed E-state index contributed by atoms with van der Waals surface area (Å²) < 4.78 is 11.0. The van der Waals surface area contributed by atoms with Crippen LogP contribution in [-0.2, 0) is 23.9 Å². The maximum atomic E-state index is 12.9. The minimum atomic E-state index is -0.236. The minimum Gasteiger partial charge on any atom is -0.464 e. The Bertz CT molecular complexity index is 673. The maximum absolute atomic E-state index is 12.9. The van der Waals surface area contributed by atoms with Gasteiger partial charge in [-0.05, 0) is 51.5 Å². The van der Waals surface area contributed by atoms with Crippen molar-refractivity contribution in [2.24, 2.45) is 5.92 Å². The number of hydrogen-bond donors (Lipinski definition) is 0. The number of ether oxygens (including phenoxy) is 2. The standard InChI is InChI=1S/C33H59NO5/c1-5-9-12-15-17-20-24-30(23-19-14-11-7-3)33(37)39-29-27-34(31(35)22-8-4)26-28-38-32(36)25-21-18-16-13-10-6-2/h8,10,13,22,30H,5-7,9,11-12,14-21,23-29H2,1-4H3/b13-10-,22-8-. The molecule has 0 saturated carbocycles. The van der Waals surface area contributed by atoms with Gasteiger partial charge >= 0.3 is 11.9 Å². The summed E-state index contributed by atoms with van der Waals surface area (Å²) in [6, 6.07) is 0. The van der Waals surface area contributed by atoms with Gasteiger partial charge in [0, 0.05) is 6.42 Å². The summed E-state index contributed by atoms with van der Waals surface area (Å²) >= 11 is 0. The average molecular weight is 550 g/mol. The summed E-state index contributed by atoms with van der Waals surface area (Å²) in [5, 5.41) is 0. The van der Waals surface area contributed by atoms with E-state index in [0.717, 1.165) is 57.8 Å². The number of carbonyl (C=O) groups is 3. The Morgan fingerprint density at radius 3 is 1.92 bits per heavy atom. The summed E-state index contributed by atoms with van der Waals surface area (Å²) in [6.45, 7) is 9.17. The van der Waals surface area contributed by atoms with Crippen molar-refractivity contribution in [1.82, 2.24) is 4.90 Å². The average Bonchev–Trinajstić information content (AvgIpc) is 2.92. The molecule has 0 bridgehead atoms. The van der Waals surface area contributed by atoms with E-state index in [1.54, 1.807) is 17.9 Å². The van der Waals surface area contributed by atoms with Crippen molar-refractivity contribution in [2.75, 3.05) is 26.3 Å². The van der Waals surface area contributed by atoms with Gasteiger partial charge in [0.15, 0.2) is 0 Å². The number of rotatable bonds is 26. The van der Waals surface area contributed by atoms with Crippen LogP contribution in [0.5, 0.6) is 0 Å². The monoisotopic (exact) mass is 549 g/mol. The Labute approximate surface area is 240 Å². The number of carbonyl (C=O) groups excluding carboxylic acids is 3. The number of amides is 1. The van der Waals surface area contributed by atoms with E-state index < -0.39 is 0 Å². The zero-order chi connectivity index (χ0) is 29.0. The van der Waals surface area contributed by atoms with Gasteiger partial charge in [0.05, 0.1) is 19.0 Å². The van der Waals surface area contributed by atoms with Crippen molar-refractivity contribution in [3.63, 3.8) is 0 Å². The van der Waals surface area contributed by atoms with Crippen molar-refractivity contribution in [2.45, 2.75) is 137 Å². The first-order valence-electron chi connectivity index (χ1n) is 15.9. The fourth-order valence-corrected chi connectivity index (χ4v) is 4.48. The third-order valence-electron chi connectivity index (χ3n) is 6.90. The van der Waals surface area contributed by atoms with Crippen LogP contribution in [0.25, 0.3) is 0 Å². The molecule has 0 aliphatic heterocycles. The molecule has 1 unspecified atom stereocenters. The van der Waals surface area contributed by atoms with Crippen LogP contribution in [0.3, 0.4) is 0 Å². The number of nitrogens with zero attached hydrogens (tertiary/aromatic N) is 1. The Kier molecular flexibility index (Phi) is 26.0. The molecule has 0 aliphatic carbocycles. The van der Waals surface area contributed by atoms with E-state index in [2.05, 4.69) is 32.9 Å². The first kappa shape index (κ1) is 36.9. The van der Waals surface area contributed by atoms with Crippen LogP contribution in [0.4, 0.5) is 0 Å². The molecular weight excluding hydrogens is 490 g/mol. The molecule has 0 aromatic heterocycles. The summed E-state index contributed by atoms with van der Waals surface area (Å²) in [4.78, 5) is 39.1. The van der Waals surface area contributed by atoms with E-state index >= 15 is 0 Å². The van der Waals surface area contributed by atoms with E-state index in [1.165, 1.54) is 51.0 Å². The Morgan fingerprint density at radius 2 is 1.31 bits per heavy atom. The van der Waals surface area contributed by atoms with E-state index in [0.29, 0.717) is 6.42 Å². The highest BCUT2D eigenvalue weighted by atomic mass is 16.5. The normalized spacial score (nSPS) is 12.2. The lowest BCUT2D eigenvalue weighted by molar-refractivity contribution is -0.150. The highest BCUT2D eigenvalue weighted by Crippen LogP contribution is 2.20. The minimum absolute atomic E-state index is 0.0638. The first-order chi connectivity index (χ1) is 19.0. The lowest BCUT2D eigenvalue weighted by Crippen LogP contribution is -2.36. The topological polar surface area (TPSA) is 72.9 Å². The smallest absolute Gasteiger partial charge is 0.308 e. The second-order valence-corrected chi connectivity index (χ2v) is 10.4. The van der Waals surface area contributed by atoms with E-state index in [-0.39, 0.29) is 50.1 Å². The molecule has 0 aromatic carbocycles. The van der Waals surface area contributed by atoms with Gasteiger partial charge in [-0.15, -0.1) is 0 Å². The molecule has 6 heteroatoms. The molecule has 0 saturated heterocycles. The number of allylic oxidation sites excluding steroid dienone is 3. The fraction of sp³-hybridized carbons (Fsp3) is 0.788. The molecule has 39 heavy (non-hydrogen) atoms. The Hall–Kier alpha value is -2.11. The van der Waals surface area contributed by atoms with Gasteiger partial charge in [0.25, 0.3) is 0 Å². The van der Waals surface area contributed by atoms with E-state index in [4.69, 9.17) is 9.47 Å². The zero-order valence-electron chi connectivity index (χ0n) is 25.7. The van der Waals surface area contributed by atoms with Crippen LogP contribution < -0.4 is 0 Å². The molecule has 1 atom stereocenters. The molecule has 0 aromatic rings. The van der Waals surface area contributed by atoms with Gasteiger partial charge < -0.3 is 14.4 Å². The van der Waals surface area contributed by atoms with Gasteiger partial charge in [0.2, 0.25) is 5.91 Å². The van der Waals surface area contributed by atoms with Gasteiger partial charge in [-0.25, -0.2) is 0 Å². The lowest BCUT2D eigenvalue weighted by Gasteiger charge is -2.22. The molecule has 0 rings (SSSR count). The molecular formula is C33H59NO5. The van der Waals surface area contributed by atoms with Crippen molar-refractivity contribution >= 4 is 17.8 Å². The molecule has 0 spiro atoms. The van der Waals surface area contributed by atoms with E-state index in [1.807, 2.05) is 0 Å². The zero-order valence-corrected chi connectivity index (χ0v) is 25.7. The van der Waals surface area contributed by atoms with Crippen molar-refractivity contribution < 1.29 is 23.9 Å². The Morgan fingerprint density at radius 1 is 0.718 bits per heavy atom. The fourth-order valence-electron chi connectivity index (χ4n) is 4.48. The summed E-state index contributed by atoms with van der Waals surface area (Å²) in [7, 11) is 0. The first-order valence-corrected chi connectivity index (χ1v) is 15.9. The predicted molar refractivity (Wildman–Crippen MR) is 161 cm³/mol. The molecule has 6 nitrogen and oxygen atoms in total. The largest absolute Gasteiger partial charge is 0.464 e. The highest BCUT2D eigenvalue weighted by Gasteiger charge is 2.20. The number of unbranched alkanes of at least 4 members (excludes halogenated alkanes) is 10. The van der Waals surface area contributed by atoms with Gasteiger partial charge in [-0.2, -0.15) is 0 Å². The molecule has 226 valence electrons. The number of esters is 2. The summed E-state index contributed by atoms with van der Waals surface area (Å²) in [5.41, 5.74) is 0. The quantitative estimate of drug-likeness (QED) is 0.0469. The molecule has 0 fully saturated rings. The van der Waals surface area contributed by atoms with Crippen LogP contribution in [0.2, 0.25) is 0 Å². The van der Waals surface area contributed by atoms with Crippen LogP contribution in [0.1, 0.15) is 137 Å². The maximum Gasteiger partial charge on any atom is 0.308 e. The van der Waals surface area contributed by atoms with Gasteiger partial charge in [0.1, 0.15) is 13.2 Å². The van der Waals surface area contributed by atoms with Crippen molar-refractivity contribution in [3.05, 3.63) is 24.3 Å².